The van der Waals surface area contributed by atoms with E-state index in [-0.39, 0.29) is 5.79 Å². The number of hydrogen-bond donors (Lipinski definition) is 1. The second-order valence-electron chi connectivity index (χ2n) is 7.57. The molecule has 3 aliphatic rings. The summed E-state index contributed by atoms with van der Waals surface area (Å²) >= 11 is 0. The van der Waals surface area contributed by atoms with Crippen LogP contribution < -0.4 is 10.2 Å². The molecule has 1 aromatic rings. The first-order valence-corrected chi connectivity index (χ1v) is 10.0. The fraction of sp³-hybridized carbons (Fsp3) is 0.700. The average molecular weight is 358 g/mol. The van der Waals surface area contributed by atoms with Gasteiger partial charge in [-0.15, -0.1) is 0 Å². The lowest BCUT2D eigenvalue weighted by atomic mass is 9.97. The van der Waals surface area contributed by atoms with Gasteiger partial charge in [0.2, 0.25) is 5.95 Å². The third kappa shape index (κ3) is 4.18. The summed E-state index contributed by atoms with van der Waals surface area (Å²) in [6.07, 6.45) is 10.5. The van der Waals surface area contributed by atoms with E-state index in [1.807, 2.05) is 13.0 Å². The van der Waals surface area contributed by atoms with Gasteiger partial charge < -0.3 is 19.7 Å². The minimum absolute atomic E-state index is 0.352. The van der Waals surface area contributed by atoms with E-state index >= 15 is 0 Å². The molecule has 0 saturated carbocycles. The highest BCUT2D eigenvalue weighted by Crippen LogP contribution is 2.32. The van der Waals surface area contributed by atoms with Gasteiger partial charge in [0.25, 0.3) is 0 Å². The van der Waals surface area contributed by atoms with E-state index in [1.54, 1.807) is 5.57 Å². The first-order valence-electron chi connectivity index (χ1n) is 10.0. The molecule has 142 valence electrons. The van der Waals surface area contributed by atoms with Gasteiger partial charge in [-0.2, -0.15) is 4.98 Å². The largest absolute Gasteiger partial charge is 0.370 e. The maximum Gasteiger partial charge on any atom is 0.227 e. The molecule has 0 aromatic carbocycles. The van der Waals surface area contributed by atoms with E-state index in [0.717, 1.165) is 56.4 Å². The third-order valence-electron chi connectivity index (χ3n) is 5.60. The summed E-state index contributed by atoms with van der Waals surface area (Å²) in [6.45, 7) is 6.14. The normalized spacial score (nSPS) is 22.5. The summed E-state index contributed by atoms with van der Waals surface area (Å²) in [5.74, 6) is 1.39. The van der Waals surface area contributed by atoms with E-state index in [1.165, 1.54) is 25.7 Å². The quantitative estimate of drug-likeness (QED) is 0.814. The molecule has 0 amide bonds. The molecular formula is C20H30N4O2. The molecule has 26 heavy (non-hydrogen) atoms. The SMILES string of the molecule is Cc1cc(NCCC2=CCCCC2)nc(N2CCC3(CC2)OCCO3)n1. The van der Waals surface area contributed by atoms with Gasteiger partial charge in [-0.25, -0.2) is 4.98 Å². The molecule has 0 bridgehead atoms. The minimum atomic E-state index is -0.352. The highest BCUT2D eigenvalue weighted by molar-refractivity contribution is 5.44. The molecule has 2 aliphatic heterocycles. The fourth-order valence-electron chi connectivity index (χ4n) is 4.10. The maximum atomic E-state index is 5.82. The predicted molar refractivity (Wildman–Crippen MR) is 103 cm³/mol. The highest BCUT2D eigenvalue weighted by atomic mass is 16.7. The van der Waals surface area contributed by atoms with Crippen LogP contribution in [-0.4, -0.2) is 48.6 Å². The van der Waals surface area contributed by atoms with Crippen molar-refractivity contribution < 1.29 is 9.47 Å². The summed E-state index contributed by atoms with van der Waals surface area (Å²) in [5, 5.41) is 3.49. The second-order valence-corrected chi connectivity index (χ2v) is 7.57. The molecule has 0 unspecified atom stereocenters. The monoisotopic (exact) mass is 358 g/mol. The minimum Gasteiger partial charge on any atom is -0.370 e. The topological polar surface area (TPSA) is 59.5 Å². The Morgan fingerprint density at radius 3 is 2.69 bits per heavy atom. The van der Waals surface area contributed by atoms with Crippen LogP contribution in [0.5, 0.6) is 0 Å². The molecule has 1 N–H and O–H groups in total. The van der Waals surface area contributed by atoms with Crippen molar-refractivity contribution in [3.63, 3.8) is 0 Å². The number of allylic oxidation sites excluding steroid dienone is 1. The van der Waals surface area contributed by atoms with Crippen LogP contribution in [0, 0.1) is 6.92 Å². The number of nitrogens with one attached hydrogen (secondary N) is 1. The van der Waals surface area contributed by atoms with Crippen molar-refractivity contribution in [2.45, 2.75) is 57.7 Å². The van der Waals surface area contributed by atoms with Gasteiger partial charge in [0.05, 0.1) is 13.2 Å². The Kier molecular flexibility index (Phi) is 5.41. The van der Waals surface area contributed by atoms with Crippen LogP contribution in [-0.2, 0) is 9.47 Å². The van der Waals surface area contributed by atoms with E-state index in [4.69, 9.17) is 14.5 Å². The van der Waals surface area contributed by atoms with E-state index < -0.39 is 0 Å². The average Bonchev–Trinajstić information content (AvgIpc) is 3.11. The summed E-state index contributed by atoms with van der Waals surface area (Å²) < 4.78 is 11.6. The number of aryl methyl sites for hydroxylation is 1. The Bertz CT molecular complexity index is 645. The second kappa shape index (κ2) is 7.92. The van der Waals surface area contributed by atoms with Crippen molar-refractivity contribution in [1.29, 1.82) is 0 Å². The zero-order chi connectivity index (χ0) is 17.8. The Labute approximate surface area is 156 Å². The van der Waals surface area contributed by atoms with Crippen LogP contribution in [0.3, 0.4) is 0 Å². The van der Waals surface area contributed by atoms with Crippen molar-refractivity contribution in [3.05, 3.63) is 23.4 Å². The smallest absolute Gasteiger partial charge is 0.227 e. The van der Waals surface area contributed by atoms with Crippen molar-refractivity contribution >= 4 is 11.8 Å². The summed E-state index contributed by atoms with van der Waals surface area (Å²) in [5.41, 5.74) is 2.59. The zero-order valence-electron chi connectivity index (χ0n) is 15.8. The van der Waals surface area contributed by atoms with Crippen molar-refractivity contribution in [2.75, 3.05) is 43.1 Å². The van der Waals surface area contributed by atoms with Crippen molar-refractivity contribution in [2.24, 2.45) is 0 Å². The van der Waals surface area contributed by atoms with Crippen LogP contribution >= 0.6 is 0 Å². The van der Waals surface area contributed by atoms with Crippen LogP contribution in [0.2, 0.25) is 0 Å². The summed E-state index contributed by atoms with van der Waals surface area (Å²) in [7, 11) is 0. The first kappa shape index (κ1) is 17.7. The first-order chi connectivity index (χ1) is 12.7. The number of hydrogen-bond acceptors (Lipinski definition) is 6. The number of anilines is 2. The molecular weight excluding hydrogens is 328 g/mol. The van der Waals surface area contributed by atoms with Crippen LogP contribution in [0.25, 0.3) is 0 Å². The molecule has 4 rings (SSSR count). The number of rotatable bonds is 5. The molecule has 1 aliphatic carbocycles. The van der Waals surface area contributed by atoms with Gasteiger partial charge in [0.1, 0.15) is 5.82 Å². The molecule has 0 atom stereocenters. The van der Waals surface area contributed by atoms with Crippen molar-refractivity contribution in [3.8, 4) is 0 Å². The highest BCUT2D eigenvalue weighted by Gasteiger charge is 2.40. The zero-order valence-corrected chi connectivity index (χ0v) is 15.8. The summed E-state index contributed by atoms with van der Waals surface area (Å²) in [6, 6.07) is 2.04. The van der Waals surface area contributed by atoms with Gasteiger partial charge in [0, 0.05) is 44.2 Å². The number of piperidine rings is 1. The summed E-state index contributed by atoms with van der Waals surface area (Å²) in [4.78, 5) is 11.7. The fourth-order valence-corrected chi connectivity index (χ4v) is 4.10. The standard InChI is InChI=1S/C20H30N4O2/c1-16-15-18(21-10-7-17-5-3-2-4-6-17)23-19(22-16)24-11-8-20(9-12-24)25-13-14-26-20/h5,15H,2-4,6-14H2,1H3,(H,21,22,23). The Morgan fingerprint density at radius 1 is 1.15 bits per heavy atom. The number of ether oxygens (including phenoxy) is 2. The van der Waals surface area contributed by atoms with Crippen molar-refractivity contribution in [1.82, 2.24) is 9.97 Å². The Morgan fingerprint density at radius 2 is 1.96 bits per heavy atom. The van der Waals surface area contributed by atoms with Gasteiger partial charge in [-0.05, 0) is 39.0 Å². The van der Waals surface area contributed by atoms with Gasteiger partial charge in [0.15, 0.2) is 5.79 Å². The molecule has 0 radical (unpaired) electrons. The van der Waals surface area contributed by atoms with E-state index in [9.17, 15) is 0 Å². The van der Waals surface area contributed by atoms with Crippen LogP contribution in [0.4, 0.5) is 11.8 Å². The molecule has 6 nitrogen and oxygen atoms in total. The van der Waals surface area contributed by atoms with Gasteiger partial charge in [-0.1, -0.05) is 11.6 Å². The lowest BCUT2D eigenvalue weighted by Crippen LogP contribution is -2.45. The van der Waals surface area contributed by atoms with Gasteiger partial charge in [-0.3, -0.25) is 0 Å². The molecule has 1 aromatic heterocycles. The molecule has 3 heterocycles. The predicted octanol–water partition coefficient (Wildman–Crippen LogP) is 3.43. The maximum absolute atomic E-state index is 5.82. The Balaban J connectivity index is 1.34. The lowest BCUT2D eigenvalue weighted by molar-refractivity contribution is -0.169. The van der Waals surface area contributed by atoms with E-state index in [0.29, 0.717) is 13.2 Å². The van der Waals surface area contributed by atoms with Crippen LogP contribution in [0.15, 0.2) is 17.7 Å². The molecule has 6 heteroatoms. The third-order valence-corrected chi connectivity index (χ3v) is 5.60. The van der Waals surface area contributed by atoms with Crippen LogP contribution in [0.1, 0.15) is 50.6 Å². The Hall–Kier alpha value is -1.66. The number of nitrogens with zero attached hydrogens (tertiary/aromatic N) is 3. The molecule has 2 saturated heterocycles. The molecule has 1 spiro atoms. The molecule has 2 fully saturated rings. The van der Waals surface area contributed by atoms with Gasteiger partial charge >= 0.3 is 0 Å². The van der Waals surface area contributed by atoms with E-state index in [2.05, 4.69) is 21.3 Å². The number of aromatic nitrogens is 2. The lowest BCUT2D eigenvalue weighted by Gasteiger charge is -2.37.